The molecule has 1 N–H and O–H groups in total. The van der Waals surface area contributed by atoms with E-state index < -0.39 is 5.97 Å². The van der Waals surface area contributed by atoms with E-state index in [0.29, 0.717) is 11.9 Å². The molecule has 18 heavy (non-hydrogen) atoms. The number of hydrogen-bond donors (Lipinski definition) is 1. The first kappa shape index (κ1) is 12.8. The molecule has 1 saturated heterocycles. The van der Waals surface area contributed by atoms with Crippen LogP contribution in [0.2, 0.25) is 0 Å². The Balaban J connectivity index is 1.99. The molecule has 0 atom stereocenters. The van der Waals surface area contributed by atoms with E-state index in [1.807, 2.05) is 0 Å². The number of likely N-dealkylation sites (tertiary alicyclic amines) is 1. The van der Waals surface area contributed by atoms with E-state index in [1.54, 1.807) is 12.3 Å². The van der Waals surface area contributed by atoms with Crippen molar-refractivity contribution >= 4 is 11.8 Å². The fourth-order valence-corrected chi connectivity index (χ4v) is 1.99. The molecule has 6 heteroatoms. The van der Waals surface area contributed by atoms with Crippen LogP contribution < -0.4 is 5.32 Å². The SMILES string of the molecule is COC(=O)c1nccc(NC2CCN(C)CC2)n1. The number of esters is 1. The van der Waals surface area contributed by atoms with Crippen molar-refractivity contribution in [3.63, 3.8) is 0 Å². The third kappa shape index (κ3) is 3.16. The minimum Gasteiger partial charge on any atom is -0.463 e. The zero-order chi connectivity index (χ0) is 13.0. The zero-order valence-corrected chi connectivity index (χ0v) is 10.7. The van der Waals surface area contributed by atoms with Gasteiger partial charge in [-0.25, -0.2) is 14.8 Å². The van der Waals surface area contributed by atoms with Crippen molar-refractivity contribution in [2.75, 3.05) is 32.6 Å². The zero-order valence-electron chi connectivity index (χ0n) is 10.7. The third-order valence-electron chi connectivity index (χ3n) is 3.09. The summed E-state index contributed by atoms with van der Waals surface area (Å²) in [7, 11) is 3.44. The topological polar surface area (TPSA) is 67.3 Å². The number of nitrogens with one attached hydrogen (secondary N) is 1. The first-order chi connectivity index (χ1) is 8.69. The Bertz CT molecular complexity index is 416. The van der Waals surface area contributed by atoms with Crippen LogP contribution in [0.4, 0.5) is 5.82 Å². The van der Waals surface area contributed by atoms with Crippen molar-refractivity contribution in [1.29, 1.82) is 0 Å². The van der Waals surface area contributed by atoms with Gasteiger partial charge in [0.2, 0.25) is 5.82 Å². The van der Waals surface area contributed by atoms with Crippen LogP contribution in [0.15, 0.2) is 12.3 Å². The van der Waals surface area contributed by atoms with Gasteiger partial charge in [-0.15, -0.1) is 0 Å². The largest absolute Gasteiger partial charge is 0.463 e. The third-order valence-corrected chi connectivity index (χ3v) is 3.09. The monoisotopic (exact) mass is 250 g/mol. The Morgan fingerprint density at radius 1 is 1.50 bits per heavy atom. The average Bonchev–Trinajstić information content (AvgIpc) is 2.41. The Labute approximate surface area is 106 Å². The molecule has 6 nitrogen and oxygen atoms in total. The molecule has 2 heterocycles. The van der Waals surface area contributed by atoms with Gasteiger partial charge < -0.3 is 15.0 Å². The van der Waals surface area contributed by atoms with E-state index in [1.165, 1.54) is 7.11 Å². The highest BCUT2D eigenvalue weighted by atomic mass is 16.5. The highest BCUT2D eigenvalue weighted by molar-refractivity contribution is 5.85. The maximum atomic E-state index is 11.3. The van der Waals surface area contributed by atoms with Crippen molar-refractivity contribution in [3.05, 3.63) is 18.1 Å². The van der Waals surface area contributed by atoms with Crippen LogP contribution in [0, 0.1) is 0 Å². The Kier molecular flexibility index (Phi) is 4.09. The molecule has 1 aliphatic heterocycles. The van der Waals surface area contributed by atoms with Crippen molar-refractivity contribution in [2.45, 2.75) is 18.9 Å². The number of carbonyl (C=O) groups excluding carboxylic acids is 1. The second-order valence-corrected chi connectivity index (χ2v) is 4.48. The maximum absolute atomic E-state index is 11.3. The first-order valence-electron chi connectivity index (χ1n) is 6.05. The summed E-state index contributed by atoms with van der Waals surface area (Å²) < 4.78 is 4.60. The number of hydrogen-bond acceptors (Lipinski definition) is 6. The highest BCUT2D eigenvalue weighted by Crippen LogP contribution is 2.14. The molecular formula is C12H18N4O2. The number of methoxy groups -OCH3 is 1. The number of aromatic nitrogens is 2. The van der Waals surface area contributed by atoms with Crippen molar-refractivity contribution in [3.8, 4) is 0 Å². The van der Waals surface area contributed by atoms with Gasteiger partial charge in [-0.1, -0.05) is 0 Å². The van der Waals surface area contributed by atoms with E-state index in [0.717, 1.165) is 25.9 Å². The van der Waals surface area contributed by atoms with Crippen LogP contribution in [0.3, 0.4) is 0 Å². The molecular weight excluding hydrogens is 232 g/mol. The van der Waals surface area contributed by atoms with Crippen LogP contribution >= 0.6 is 0 Å². The molecule has 1 aromatic heterocycles. The van der Waals surface area contributed by atoms with Crippen molar-refractivity contribution in [2.24, 2.45) is 0 Å². The quantitative estimate of drug-likeness (QED) is 0.799. The Morgan fingerprint density at radius 3 is 2.89 bits per heavy atom. The van der Waals surface area contributed by atoms with Gasteiger partial charge in [0.15, 0.2) is 0 Å². The van der Waals surface area contributed by atoms with Crippen LogP contribution in [0.25, 0.3) is 0 Å². The number of carbonyl (C=O) groups is 1. The summed E-state index contributed by atoms with van der Waals surface area (Å²) in [6.07, 6.45) is 3.72. The summed E-state index contributed by atoms with van der Waals surface area (Å²) in [6.45, 7) is 2.15. The van der Waals surface area contributed by atoms with E-state index in [4.69, 9.17) is 0 Å². The van der Waals surface area contributed by atoms with Crippen LogP contribution in [0.1, 0.15) is 23.5 Å². The van der Waals surface area contributed by atoms with E-state index in [2.05, 4.69) is 32.0 Å². The predicted octanol–water partition coefficient (Wildman–Crippen LogP) is 0.769. The minimum absolute atomic E-state index is 0.0930. The Morgan fingerprint density at radius 2 is 2.22 bits per heavy atom. The first-order valence-corrected chi connectivity index (χ1v) is 6.05. The van der Waals surface area contributed by atoms with Crippen LogP contribution in [-0.4, -0.2) is 54.1 Å². The summed E-state index contributed by atoms with van der Waals surface area (Å²) in [5.74, 6) is 0.261. The molecule has 0 radical (unpaired) electrons. The van der Waals surface area contributed by atoms with E-state index >= 15 is 0 Å². The second-order valence-electron chi connectivity index (χ2n) is 4.48. The molecule has 0 spiro atoms. The number of rotatable bonds is 3. The Hall–Kier alpha value is -1.69. The molecule has 98 valence electrons. The minimum atomic E-state index is -0.512. The lowest BCUT2D eigenvalue weighted by atomic mass is 10.1. The molecule has 1 fully saturated rings. The number of piperidine rings is 1. The summed E-state index contributed by atoms with van der Waals surface area (Å²) in [5, 5.41) is 3.34. The molecule has 1 aromatic rings. The van der Waals surface area contributed by atoms with Gasteiger partial charge in [0.1, 0.15) is 5.82 Å². The van der Waals surface area contributed by atoms with Gasteiger partial charge >= 0.3 is 5.97 Å². The molecule has 0 saturated carbocycles. The second kappa shape index (κ2) is 5.77. The molecule has 0 aromatic carbocycles. The van der Waals surface area contributed by atoms with Gasteiger partial charge in [0.05, 0.1) is 7.11 Å². The lowest BCUT2D eigenvalue weighted by molar-refractivity contribution is 0.0587. The van der Waals surface area contributed by atoms with Gasteiger partial charge in [-0.05, 0) is 39.0 Å². The molecule has 0 bridgehead atoms. The summed E-state index contributed by atoms with van der Waals surface area (Å²) in [4.78, 5) is 21.7. The fourth-order valence-electron chi connectivity index (χ4n) is 1.99. The summed E-state index contributed by atoms with van der Waals surface area (Å²) in [5.41, 5.74) is 0. The van der Waals surface area contributed by atoms with Gasteiger partial charge in [0.25, 0.3) is 0 Å². The van der Waals surface area contributed by atoms with Crippen molar-refractivity contribution < 1.29 is 9.53 Å². The van der Waals surface area contributed by atoms with E-state index in [-0.39, 0.29) is 5.82 Å². The maximum Gasteiger partial charge on any atom is 0.376 e. The molecule has 2 rings (SSSR count). The smallest absolute Gasteiger partial charge is 0.376 e. The van der Waals surface area contributed by atoms with Gasteiger partial charge in [-0.3, -0.25) is 0 Å². The summed E-state index contributed by atoms with van der Waals surface area (Å²) in [6, 6.07) is 2.17. The fraction of sp³-hybridized carbons (Fsp3) is 0.583. The predicted molar refractivity (Wildman–Crippen MR) is 67.5 cm³/mol. The lowest BCUT2D eigenvalue weighted by Gasteiger charge is -2.29. The normalized spacial score (nSPS) is 17.4. The van der Waals surface area contributed by atoms with E-state index in [9.17, 15) is 4.79 Å². The lowest BCUT2D eigenvalue weighted by Crippen LogP contribution is -2.37. The van der Waals surface area contributed by atoms with Crippen LogP contribution in [-0.2, 0) is 4.74 Å². The molecule has 0 amide bonds. The molecule has 0 unspecified atom stereocenters. The molecule has 0 aliphatic carbocycles. The number of ether oxygens (including phenoxy) is 1. The number of anilines is 1. The van der Waals surface area contributed by atoms with Crippen molar-refractivity contribution in [1.82, 2.24) is 14.9 Å². The van der Waals surface area contributed by atoms with Crippen LogP contribution in [0.5, 0.6) is 0 Å². The number of nitrogens with zero attached hydrogens (tertiary/aromatic N) is 3. The average molecular weight is 250 g/mol. The highest BCUT2D eigenvalue weighted by Gasteiger charge is 2.17. The van der Waals surface area contributed by atoms with Gasteiger partial charge in [0, 0.05) is 12.2 Å². The molecule has 1 aliphatic rings. The summed E-state index contributed by atoms with van der Waals surface area (Å²) >= 11 is 0. The van der Waals surface area contributed by atoms with Gasteiger partial charge in [-0.2, -0.15) is 0 Å². The standard InChI is InChI=1S/C12H18N4O2/c1-16-7-4-9(5-8-16)14-10-3-6-13-11(15-10)12(17)18-2/h3,6,9H,4-5,7-8H2,1-2H3,(H,13,14,15).